The molecular formula is C13H21F3N2O. The minimum atomic E-state index is -4.25. The number of hydrogen-bond acceptors (Lipinski definition) is 2. The molecule has 0 aromatic carbocycles. The van der Waals surface area contributed by atoms with Crippen molar-refractivity contribution >= 4 is 0 Å². The number of halogens is 3. The van der Waals surface area contributed by atoms with E-state index in [1.807, 2.05) is 36.9 Å². The van der Waals surface area contributed by atoms with Crippen molar-refractivity contribution < 1.29 is 17.9 Å². The van der Waals surface area contributed by atoms with Gasteiger partial charge in [0, 0.05) is 31.6 Å². The Morgan fingerprint density at radius 2 is 2.05 bits per heavy atom. The van der Waals surface area contributed by atoms with Crippen molar-refractivity contribution in [2.45, 2.75) is 39.0 Å². The Balaban J connectivity index is 2.27. The number of ether oxygens (including phenoxy) is 1. The van der Waals surface area contributed by atoms with Crippen LogP contribution in [0, 0.1) is 5.92 Å². The maximum absolute atomic E-state index is 11.8. The maximum Gasteiger partial charge on any atom is 0.411 e. The Hall–Kier alpha value is -1.01. The van der Waals surface area contributed by atoms with Crippen molar-refractivity contribution in [2.75, 3.05) is 13.2 Å². The van der Waals surface area contributed by atoms with Crippen molar-refractivity contribution in [3.05, 3.63) is 24.0 Å². The quantitative estimate of drug-likeness (QED) is 0.778. The zero-order valence-corrected chi connectivity index (χ0v) is 11.3. The standard InChI is InChI=1S/C13H21F3N2O/c1-10(2)12(17)11-4-6-18(8-11)5-3-7-19-9-13(14,15)16/h4,6,8,10,12H,3,5,7,9,17H2,1-2H3. The first-order valence-corrected chi connectivity index (χ1v) is 6.35. The van der Waals surface area contributed by atoms with E-state index >= 15 is 0 Å². The predicted octanol–water partition coefficient (Wildman–Crippen LogP) is 3.11. The zero-order chi connectivity index (χ0) is 14.5. The lowest BCUT2D eigenvalue weighted by Crippen LogP contribution is -2.17. The molecule has 2 N–H and O–H groups in total. The molecule has 0 fully saturated rings. The molecule has 0 amide bonds. The van der Waals surface area contributed by atoms with Crippen LogP contribution in [0.3, 0.4) is 0 Å². The van der Waals surface area contributed by atoms with Crippen LogP contribution in [0.1, 0.15) is 31.9 Å². The van der Waals surface area contributed by atoms with E-state index in [1.54, 1.807) is 0 Å². The summed E-state index contributed by atoms with van der Waals surface area (Å²) in [5.74, 6) is 0.353. The molecule has 1 heterocycles. The number of aryl methyl sites for hydroxylation is 1. The van der Waals surface area contributed by atoms with Gasteiger partial charge in [-0.2, -0.15) is 13.2 Å². The van der Waals surface area contributed by atoms with Crippen LogP contribution in [-0.2, 0) is 11.3 Å². The summed E-state index contributed by atoms with van der Waals surface area (Å²) in [5, 5.41) is 0. The van der Waals surface area contributed by atoms with E-state index in [0.717, 1.165) is 5.56 Å². The summed E-state index contributed by atoms with van der Waals surface area (Å²) in [6.07, 6.45) is 0.127. The van der Waals surface area contributed by atoms with Crippen LogP contribution < -0.4 is 5.73 Å². The molecule has 1 aromatic rings. The summed E-state index contributed by atoms with van der Waals surface area (Å²) < 4.78 is 42.0. The lowest BCUT2D eigenvalue weighted by Gasteiger charge is -2.13. The van der Waals surface area contributed by atoms with Gasteiger partial charge in [0.25, 0.3) is 0 Å². The second-order valence-corrected chi connectivity index (χ2v) is 4.97. The van der Waals surface area contributed by atoms with Gasteiger partial charge in [-0.05, 0) is 24.0 Å². The Kier molecular flexibility index (Phi) is 5.87. The third-order valence-electron chi connectivity index (χ3n) is 2.85. The van der Waals surface area contributed by atoms with E-state index in [0.29, 0.717) is 18.9 Å². The van der Waals surface area contributed by atoms with Gasteiger partial charge in [-0.1, -0.05) is 13.8 Å². The van der Waals surface area contributed by atoms with Crippen molar-refractivity contribution in [3.63, 3.8) is 0 Å². The molecule has 3 nitrogen and oxygen atoms in total. The monoisotopic (exact) mass is 278 g/mol. The smallest absolute Gasteiger partial charge is 0.372 e. The first-order chi connectivity index (χ1) is 8.79. The topological polar surface area (TPSA) is 40.2 Å². The molecule has 1 rings (SSSR count). The molecule has 0 bridgehead atoms. The van der Waals surface area contributed by atoms with E-state index in [2.05, 4.69) is 4.74 Å². The van der Waals surface area contributed by atoms with E-state index in [-0.39, 0.29) is 12.6 Å². The Morgan fingerprint density at radius 1 is 1.37 bits per heavy atom. The number of hydrogen-bond donors (Lipinski definition) is 1. The first kappa shape index (κ1) is 16.0. The molecule has 6 heteroatoms. The fourth-order valence-corrected chi connectivity index (χ4v) is 1.72. The molecule has 0 saturated carbocycles. The molecule has 0 aliphatic carbocycles. The molecule has 110 valence electrons. The van der Waals surface area contributed by atoms with Gasteiger partial charge >= 0.3 is 6.18 Å². The summed E-state index contributed by atoms with van der Waals surface area (Å²) >= 11 is 0. The minimum absolute atomic E-state index is 0.0114. The Morgan fingerprint density at radius 3 is 2.63 bits per heavy atom. The number of rotatable bonds is 7. The lowest BCUT2D eigenvalue weighted by molar-refractivity contribution is -0.174. The van der Waals surface area contributed by atoms with Gasteiger partial charge in [0.05, 0.1) is 0 Å². The van der Waals surface area contributed by atoms with Crippen LogP contribution in [0.4, 0.5) is 13.2 Å². The number of nitrogens with two attached hydrogens (primary N) is 1. The molecule has 1 atom stereocenters. The predicted molar refractivity (Wildman–Crippen MR) is 67.7 cm³/mol. The lowest BCUT2D eigenvalue weighted by atomic mass is 10.00. The highest BCUT2D eigenvalue weighted by molar-refractivity contribution is 5.15. The largest absolute Gasteiger partial charge is 0.411 e. The maximum atomic E-state index is 11.8. The van der Waals surface area contributed by atoms with Gasteiger partial charge in [0.1, 0.15) is 6.61 Å². The minimum Gasteiger partial charge on any atom is -0.372 e. The van der Waals surface area contributed by atoms with Crippen LogP contribution in [0.25, 0.3) is 0 Å². The van der Waals surface area contributed by atoms with Gasteiger partial charge in [-0.3, -0.25) is 0 Å². The van der Waals surface area contributed by atoms with E-state index < -0.39 is 12.8 Å². The molecule has 0 saturated heterocycles. The fraction of sp³-hybridized carbons (Fsp3) is 0.692. The highest BCUT2D eigenvalue weighted by Gasteiger charge is 2.27. The molecule has 0 radical (unpaired) electrons. The second kappa shape index (κ2) is 6.96. The summed E-state index contributed by atoms with van der Waals surface area (Å²) in [6, 6.07) is 1.93. The van der Waals surface area contributed by atoms with Crippen LogP contribution >= 0.6 is 0 Å². The van der Waals surface area contributed by atoms with Crippen LogP contribution in [0.2, 0.25) is 0 Å². The average molecular weight is 278 g/mol. The molecule has 1 unspecified atom stereocenters. The van der Waals surface area contributed by atoms with Crippen LogP contribution in [0.5, 0.6) is 0 Å². The molecule has 0 spiro atoms. The van der Waals surface area contributed by atoms with Gasteiger partial charge < -0.3 is 15.0 Å². The normalized spacial score (nSPS) is 14.1. The fourth-order valence-electron chi connectivity index (χ4n) is 1.72. The summed E-state index contributed by atoms with van der Waals surface area (Å²) in [5.41, 5.74) is 7.06. The second-order valence-electron chi connectivity index (χ2n) is 4.97. The van der Waals surface area contributed by atoms with Crippen molar-refractivity contribution in [1.82, 2.24) is 4.57 Å². The summed E-state index contributed by atoms with van der Waals surface area (Å²) in [4.78, 5) is 0. The molecule has 0 aliphatic heterocycles. The third-order valence-corrected chi connectivity index (χ3v) is 2.85. The van der Waals surface area contributed by atoms with Crippen LogP contribution in [0.15, 0.2) is 18.5 Å². The van der Waals surface area contributed by atoms with Crippen molar-refractivity contribution in [2.24, 2.45) is 11.7 Å². The number of alkyl halides is 3. The van der Waals surface area contributed by atoms with Gasteiger partial charge in [0.15, 0.2) is 0 Å². The zero-order valence-electron chi connectivity index (χ0n) is 11.3. The van der Waals surface area contributed by atoms with Gasteiger partial charge in [-0.25, -0.2) is 0 Å². The average Bonchev–Trinajstić information content (AvgIpc) is 2.74. The van der Waals surface area contributed by atoms with E-state index in [9.17, 15) is 13.2 Å². The Labute approximate surface area is 111 Å². The van der Waals surface area contributed by atoms with Crippen molar-refractivity contribution in [3.8, 4) is 0 Å². The molecule has 0 aliphatic rings. The highest BCUT2D eigenvalue weighted by Crippen LogP contribution is 2.19. The molecule has 1 aromatic heterocycles. The molecular weight excluding hydrogens is 257 g/mol. The highest BCUT2D eigenvalue weighted by atomic mass is 19.4. The summed E-state index contributed by atoms with van der Waals surface area (Å²) in [7, 11) is 0. The first-order valence-electron chi connectivity index (χ1n) is 6.35. The van der Waals surface area contributed by atoms with E-state index in [4.69, 9.17) is 5.73 Å². The van der Waals surface area contributed by atoms with Crippen molar-refractivity contribution in [1.29, 1.82) is 0 Å². The van der Waals surface area contributed by atoms with E-state index in [1.165, 1.54) is 0 Å². The SMILES string of the molecule is CC(C)C(N)c1ccn(CCCOCC(F)(F)F)c1. The third kappa shape index (κ3) is 6.11. The van der Waals surface area contributed by atoms with Crippen LogP contribution in [-0.4, -0.2) is 24.0 Å². The summed E-state index contributed by atoms with van der Waals surface area (Å²) in [6.45, 7) is 3.65. The Bertz CT molecular complexity index is 374. The van der Waals surface area contributed by atoms with Gasteiger partial charge in [0.2, 0.25) is 0 Å². The van der Waals surface area contributed by atoms with Gasteiger partial charge in [-0.15, -0.1) is 0 Å². The number of aromatic nitrogens is 1. The molecule has 19 heavy (non-hydrogen) atoms. The number of nitrogens with zero attached hydrogens (tertiary/aromatic N) is 1.